The molecule has 1 atom stereocenters. The Morgan fingerprint density at radius 1 is 1.02 bits per heavy atom. The van der Waals surface area contributed by atoms with Gasteiger partial charge >= 0.3 is 0 Å². The third-order valence-electron chi connectivity index (χ3n) is 7.78. The Morgan fingerprint density at radius 3 is 2.50 bits per heavy atom. The Bertz CT molecular complexity index is 1200. The Balaban J connectivity index is 1.02. The van der Waals surface area contributed by atoms with E-state index in [1.807, 2.05) is 40.3 Å². The molecule has 0 spiro atoms. The first kappa shape index (κ1) is 27.8. The van der Waals surface area contributed by atoms with Gasteiger partial charge in [0.1, 0.15) is 17.7 Å². The van der Waals surface area contributed by atoms with Crippen molar-refractivity contribution < 1.29 is 18.8 Å². The number of pyridine rings is 1. The van der Waals surface area contributed by atoms with Crippen molar-refractivity contribution in [1.82, 2.24) is 20.1 Å². The molecule has 5 rings (SSSR count). The van der Waals surface area contributed by atoms with Crippen molar-refractivity contribution in [3.8, 4) is 0 Å². The second kappa shape index (κ2) is 13.1. The molecule has 1 aromatic heterocycles. The lowest BCUT2D eigenvalue weighted by Gasteiger charge is -2.37. The highest BCUT2D eigenvalue weighted by Crippen LogP contribution is 2.25. The van der Waals surface area contributed by atoms with Gasteiger partial charge in [0.2, 0.25) is 11.8 Å². The second-order valence-corrected chi connectivity index (χ2v) is 10.6. The average Bonchev–Trinajstić information content (AvgIpc) is 3.46. The summed E-state index contributed by atoms with van der Waals surface area (Å²) < 4.78 is 15.1. The van der Waals surface area contributed by atoms with Gasteiger partial charge in [0.25, 0.3) is 0 Å². The third kappa shape index (κ3) is 7.07. The van der Waals surface area contributed by atoms with Gasteiger partial charge < -0.3 is 24.9 Å². The zero-order valence-corrected chi connectivity index (χ0v) is 23.1. The van der Waals surface area contributed by atoms with E-state index in [-0.39, 0.29) is 23.7 Å². The minimum Gasteiger partial charge on any atom is -0.390 e. The molecule has 1 N–H and O–H groups in total. The molecule has 1 aromatic carbocycles. The highest BCUT2D eigenvalue weighted by atomic mass is 19.1. The molecule has 0 bridgehead atoms. The van der Waals surface area contributed by atoms with Crippen LogP contribution in [0.5, 0.6) is 0 Å². The number of oxime groups is 1. The number of aromatic nitrogens is 1. The van der Waals surface area contributed by atoms with Crippen molar-refractivity contribution in [3.63, 3.8) is 0 Å². The average molecular weight is 552 g/mol. The van der Waals surface area contributed by atoms with Crippen LogP contribution in [0.15, 0.2) is 47.8 Å². The van der Waals surface area contributed by atoms with Gasteiger partial charge in [0.15, 0.2) is 0 Å². The summed E-state index contributed by atoms with van der Waals surface area (Å²) in [5, 5.41) is 6.80. The summed E-state index contributed by atoms with van der Waals surface area (Å²) in [7, 11) is 0. The van der Waals surface area contributed by atoms with Crippen LogP contribution >= 0.6 is 0 Å². The third-order valence-corrected chi connectivity index (χ3v) is 7.78. The van der Waals surface area contributed by atoms with Crippen LogP contribution in [-0.2, 0) is 14.4 Å². The number of nitrogens with one attached hydrogen (secondary N) is 1. The van der Waals surface area contributed by atoms with E-state index in [4.69, 9.17) is 4.84 Å². The number of carbonyl (C=O) groups is 2. The molecule has 214 valence electrons. The molecule has 4 heterocycles. The van der Waals surface area contributed by atoms with Crippen LogP contribution in [0, 0.1) is 5.82 Å². The van der Waals surface area contributed by atoms with Gasteiger partial charge in [-0.15, -0.1) is 0 Å². The second-order valence-electron chi connectivity index (χ2n) is 10.6. The predicted molar refractivity (Wildman–Crippen MR) is 152 cm³/mol. The first-order chi connectivity index (χ1) is 19.5. The van der Waals surface area contributed by atoms with Gasteiger partial charge in [0, 0.05) is 83.9 Å². The highest BCUT2D eigenvalue weighted by Gasteiger charge is 2.26. The number of benzene rings is 1. The van der Waals surface area contributed by atoms with Crippen LogP contribution in [0.1, 0.15) is 31.7 Å². The topological polar surface area (TPSA) is 93.6 Å². The van der Waals surface area contributed by atoms with Gasteiger partial charge in [-0.2, -0.15) is 0 Å². The first-order valence-electron chi connectivity index (χ1n) is 14.1. The summed E-state index contributed by atoms with van der Waals surface area (Å²) in [5.74, 6) is 0.767. The van der Waals surface area contributed by atoms with Gasteiger partial charge in [-0.25, -0.2) is 9.37 Å². The van der Waals surface area contributed by atoms with Crippen molar-refractivity contribution >= 4 is 29.0 Å². The Hall–Kier alpha value is -3.73. The molecule has 2 saturated heterocycles. The smallest absolute Gasteiger partial charge is 0.222 e. The molecule has 11 heteroatoms. The molecule has 10 nitrogen and oxygen atoms in total. The van der Waals surface area contributed by atoms with Gasteiger partial charge in [-0.1, -0.05) is 17.3 Å². The quantitative estimate of drug-likeness (QED) is 0.510. The van der Waals surface area contributed by atoms with E-state index < -0.39 is 0 Å². The van der Waals surface area contributed by atoms with E-state index in [9.17, 15) is 9.59 Å². The molecule has 1 unspecified atom stereocenters. The molecule has 3 aliphatic rings. The largest absolute Gasteiger partial charge is 0.390 e. The summed E-state index contributed by atoms with van der Waals surface area (Å²) in [6.07, 6.45) is 3.49. The van der Waals surface area contributed by atoms with Crippen molar-refractivity contribution in [2.75, 3.05) is 75.2 Å². The van der Waals surface area contributed by atoms with E-state index in [1.54, 1.807) is 6.07 Å². The Labute approximate surface area is 234 Å². The lowest BCUT2D eigenvalue weighted by Crippen LogP contribution is -2.49. The number of rotatable bonds is 9. The summed E-state index contributed by atoms with van der Waals surface area (Å²) in [6, 6.07) is 11.1. The monoisotopic (exact) mass is 551 g/mol. The molecule has 2 aromatic rings. The molecular weight excluding hydrogens is 513 g/mol. The summed E-state index contributed by atoms with van der Waals surface area (Å²) in [6.45, 7) is 8.98. The number of piperazine rings is 2. The van der Waals surface area contributed by atoms with Crippen LogP contribution in [0.3, 0.4) is 0 Å². The van der Waals surface area contributed by atoms with E-state index in [1.165, 1.54) is 13.0 Å². The standard InChI is InChI=1S/C29H38FN7O3/c1-22(38)32-21-24-20-26(33-40-24)23-7-8-27(25(30)19-23)35-15-17-37(18-16-35)29(39)6-4-10-34-11-13-36(14-12-34)28-5-2-3-9-31-28/h2-3,5,7-9,19,24H,4,6,10-18,20-21H2,1H3,(H,32,38). The summed E-state index contributed by atoms with van der Waals surface area (Å²) >= 11 is 0. The number of halogens is 1. The van der Waals surface area contributed by atoms with E-state index in [0.717, 1.165) is 45.0 Å². The lowest BCUT2D eigenvalue weighted by molar-refractivity contribution is -0.131. The number of anilines is 2. The predicted octanol–water partition coefficient (Wildman–Crippen LogP) is 2.10. The molecule has 2 fully saturated rings. The lowest BCUT2D eigenvalue weighted by atomic mass is 10.0. The fourth-order valence-corrected chi connectivity index (χ4v) is 5.46. The van der Waals surface area contributed by atoms with Crippen LogP contribution in [0.4, 0.5) is 15.9 Å². The molecule has 0 radical (unpaired) electrons. The molecule has 3 aliphatic heterocycles. The Morgan fingerprint density at radius 2 is 1.80 bits per heavy atom. The number of carbonyl (C=O) groups excluding carboxylic acids is 2. The van der Waals surface area contributed by atoms with E-state index >= 15 is 4.39 Å². The van der Waals surface area contributed by atoms with Crippen LogP contribution in [0.25, 0.3) is 0 Å². The summed E-state index contributed by atoms with van der Waals surface area (Å²) in [5.41, 5.74) is 1.89. The number of hydrogen-bond donors (Lipinski definition) is 1. The van der Waals surface area contributed by atoms with Crippen LogP contribution in [-0.4, -0.2) is 104 Å². The maximum atomic E-state index is 15.1. The maximum absolute atomic E-state index is 15.1. The molecule has 2 amide bonds. The number of nitrogens with zero attached hydrogens (tertiary/aromatic N) is 6. The molecular formula is C29H38FN7O3. The van der Waals surface area contributed by atoms with Gasteiger partial charge in [-0.05, 0) is 37.2 Å². The molecule has 0 aliphatic carbocycles. The minimum absolute atomic E-state index is 0.124. The highest BCUT2D eigenvalue weighted by molar-refractivity contribution is 6.01. The number of amides is 2. The van der Waals surface area contributed by atoms with Crippen molar-refractivity contribution in [2.45, 2.75) is 32.3 Å². The van der Waals surface area contributed by atoms with Crippen molar-refractivity contribution in [1.29, 1.82) is 0 Å². The SMILES string of the molecule is CC(=O)NCC1CC(c2ccc(N3CCN(C(=O)CCCN4CCN(c5ccccn5)CC4)CC3)c(F)c2)=NO1. The van der Waals surface area contributed by atoms with Crippen molar-refractivity contribution in [3.05, 3.63) is 54.0 Å². The maximum Gasteiger partial charge on any atom is 0.222 e. The molecule has 40 heavy (non-hydrogen) atoms. The van der Waals surface area contributed by atoms with E-state index in [2.05, 4.69) is 25.3 Å². The Kier molecular flexibility index (Phi) is 9.10. The normalized spacial score (nSPS) is 19.8. The zero-order valence-electron chi connectivity index (χ0n) is 23.1. The fraction of sp³-hybridized carbons (Fsp3) is 0.517. The molecule has 0 saturated carbocycles. The first-order valence-corrected chi connectivity index (χ1v) is 14.1. The van der Waals surface area contributed by atoms with Crippen molar-refractivity contribution in [2.24, 2.45) is 5.16 Å². The summed E-state index contributed by atoms with van der Waals surface area (Å²) in [4.78, 5) is 42.4. The van der Waals surface area contributed by atoms with Crippen LogP contribution < -0.4 is 15.1 Å². The van der Waals surface area contributed by atoms with Crippen LogP contribution in [0.2, 0.25) is 0 Å². The van der Waals surface area contributed by atoms with Gasteiger partial charge in [0.05, 0.1) is 17.9 Å². The van der Waals surface area contributed by atoms with Gasteiger partial charge in [-0.3, -0.25) is 14.5 Å². The van der Waals surface area contributed by atoms with E-state index in [0.29, 0.717) is 62.5 Å². The number of hydrogen-bond acceptors (Lipinski definition) is 8. The fourth-order valence-electron chi connectivity index (χ4n) is 5.46. The zero-order chi connectivity index (χ0) is 27.9. The minimum atomic E-state index is -0.312.